The second kappa shape index (κ2) is 6.98. The van der Waals surface area contributed by atoms with Crippen LogP contribution < -0.4 is 5.32 Å². The molecule has 6 heteroatoms. The quantitative estimate of drug-likeness (QED) is 0.843. The van der Waals surface area contributed by atoms with Gasteiger partial charge in [0.15, 0.2) is 0 Å². The lowest BCUT2D eigenvalue weighted by Gasteiger charge is -2.47. The Labute approximate surface area is 147 Å². The molecule has 1 aromatic carbocycles. The normalized spacial score (nSPS) is 23.2. The van der Waals surface area contributed by atoms with E-state index >= 15 is 0 Å². The Morgan fingerprint density at radius 2 is 2.08 bits per heavy atom. The average Bonchev–Trinajstić information content (AvgIpc) is 3.02. The molecule has 0 aliphatic heterocycles. The molecule has 0 radical (unpaired) electrons. The highest BCUT2D eigenvalue weighted by Gasteiger charge is 2.45. The van der Waals surface area contributed by atoms with Gasteiger partial charge in [-0.3, -0.25) is 4.68 Å². The number of nitrogens with one attached hydrogen (secondary N) is 1. The summed E-state index contributed by atoms with van der Waals surface area (Å²) in [4.78, 5) is 10.9. The summed E-state index contributed by atoms with van der Waals surface area (Å²) in [6.07, 6.45) is 4.81. The zero-order valence-electron chi connectivity index (χ0n) is 14.8. The lowest BCUT2D eigenvalue weighted by molar-refractivity contribution is -0.134. The Bertz CT molecular complexity index is 705. The van der Waals surface area contributed by atoms with E-state index in [4.69, 9.17) is 9.84 Å². The Kier molecular flexibility index (Phi) is 4.92. The minimum absolute atomic E-state index is 0.131. The monoisotopic (exact) mass is 343 g/mol. The van der Waals surface area contributed by atoms with Crippen molar-refractivity contribution in [3.05, 3.63) is 53.9 Å². The van der Waals surface area contributed by atoms with Crippen LogP contribution in [0.1, 0.15) is 49.2 Å². The third-order valence-electron chi connectivity index (χ3n) is 4.38. The molecule has 1 saturated carbocycles. The Hall–Kier alpha value is -2.18. The van der Waals surface area contributed by atoms with Gasteiger partial charge in [0.05, 0.1) is 23.3 Å². The molecule has 1 aliphatic carbocycles. The van der Waals surface area contributed by atoms with Gasteiger partial charge in [0.25, 0.3) is 0 Å². The number of carboxylic acids is 1. The predicted molar refractivity (Wildman–Crippen MR) is 94.5 cm³/mol. The van der Waals surface area contributed by atoms with Crippen LogP contribution in [0.4, 0.5) is 0 Å². The summed E-state index contributed by atoms with van der Waals surface area (Å²) >= 11 is 0. The molecular weight excluding hydrogens is 318 g/mol. The van der Waals surface area contributed by atoms with Crippen LogP contribution in [0.2, 0.25) is 0 Å². The molecule has 0 bridgehead atoms. The predicted octanol–water partition coefficient (Wildman–Crippen LogP) is 2.87. The van der Waals surface area contributed by atoms with Gasteiger partial charge in [-0.2, -0.15) is 5.10 Å². The highest BCUT2D eigenvalue weighted by molar-refractivity contribution is 5.87. The molecule has 2 N–H and O–H groups in total. The van der Waals surface area contributed by atoms with E-state index in [1.165, 1.54) is 0 Å². The molecule has 134 valence electrons. The van der Waals surface area contributed by atoms with Crippen molar-refractivity contribution in [1.29, 1.82) is 0 Å². The number of aromatic nitrogens is 2. The molecule has 2 aromatic rings. The van der Waals surface area contributed by atoms with Gasteiger partial charge in [0.1, 0.15) is 0 Å². The van der Waals surface area contributed by atoms with Crippen LogP contribution in [-0.2, 0) is 11.3 Å². The van der Waals surface area contributed by atoms with Gasteiger partial charge in [0, 0.05) is 25.0 Å². The van der Waals surface area contributed by atoms with Crippen LogP contribution in [-0.4, -0.2) is 38.6 Å². The smallest absolute Gasteiger partial charge is 0.335 e. The summed E-state index contributed by atoms with van der Waals surface area (Å²) < 4.78 is 8.13. The number of carboxylic acid groups (broad SMARTS) is 1. The van der Waals surface area contributed by atoms with Crippen LogP contribution in [0, 0.1) is 0 Å². The van der Waals surface area contributed by atoms with Crippen molar-refractivity contribution in [3.8, 4) is 0 Å². The molecule has 3 atom stereocenters. The van der Waals surface area contributed by atoms with Gasteiger partial charge >= 0.3 is 5.97 Å². The van der Waals surface area contributed by atoms with E-state index in [2.05, 4.69) is 31.2 Å². The van der Waals surface area contributed by atoms with Crippen molar-refractivity contribution < 1.29 is 14.6 Å². The minimum atomic E-state index is -0.903. The minimum Gasteiger partial charge on any atom is -0.478 e. The van der Waals surface area contributed by atoms with E-state index < -0.39 is 5.97 Å². The Morgan fingerprint density at radius 3 is 2.64 bits per heavy atom. The summed E-state index contributed by atoms with van der Waals surface area (Å²) in [5.74, 6) is -0.903. The summed E-state index contributed by atoms with van der Waals surface area (Å²) in [6.45, 7) is 6.89. The molecule has 1 fully saturated rings. The second-order valence-electron chi connectivity index (χ2n) is 7.47. The first-order chi connectivity index (χ1) is 11.8. The Morgan fingerprint density at radius 1 is 1.36 bits per heavy atom. The summed E-state index contributed by atoms with van der Waals surface area (Å²) in [5.41, 5.74) is 1.18. The Balaban J connectivity index is 1.62. The van der Waals surface area contributed by atoms with Crippen LogP contribution in [0.5, 0.6) is 0 Å². The topological polar surface area (TPSA) is 76.4 Å². The molecule has 1 aliphatic rings. The highest BCUT2D eigenvalue weighted by atomic mass is 16.5. The van der Waals surface area contributed by atoms with Crippen LogP contribution in [0.15, 0.2) is 42.7 Å². The fourth-order valence-electron chi connectivity index (χ4n) is 3.19. The van der Waals surface area contributed by atoms with Gasteiger partial charge in [-0.05, 0) is 51.0 Å². The summed E-state index contributed by atoms with van der Waals surface area (Å²) in [5, 5.41) is 16.9. The highest BCUT2D eigenvalue weighted by Crippen LogP contribution is 2.37. The van der Waals surface area contributed by atoms with E-state index in [0.717, 1.165) is 12.0 Å². The first kappa shape index (κ1) is 17.6. The zero-order chi connectivity index (χ0) is 18.0. The van der Waals surface area contributed by atoms with E-state index in [-0.39, 0.29) is 23.8 Å². The molecule has 6 nitrogen and oxygen atoms in total. The average molecular weight is 343 g/mol. The standard InChI is InChI=1S/C19H25N3O3/c1-19(2,3)25-16-11-15(17(16)22-10-4-9-21-22)20-12-13-5-7-14(8-6-13)18(23)24/h4-10,15-17,20H,11-12H2,1-3H3,(H,23,24). The van der Waals surface area contributed by atoms with E-state index in [0.29, 0.717) is 12.1 Å². The molecule has 1 heterocycles. The van der Waals surface area contributed by atoms with Gasteiger partial charge in [-0.15, -0.1) is 0 Å². The van der Waals surface area contributed by atoms with Crippen LogP contribution in [0.3, 0.4) is 0 Å². The largest absolute Gasteiger partial charge is 0.478 e. The van der Waals surface area contributed by atoms with E-state index in [9.17, 15) is 4.79 Å². The van der Waals surface area contributed by atoms with Crippen molar-refractivity contribution in [2.45, 2.75) is 57.5 Å². The number of aromatic carboxylic acids is 1. The maximum Gasteiger partial charge on any atom is 0.335 e. The maximum atomic E-state index is 10.9. The molecule has 25 heavy (non-hydrogen) atoms. The molecule has 0 spiro atoms. The summed E-state index contributed by atoms with van der Waals surface area (Å²) in [6, 6.07) is 9.32. The number of rotatable bonds is 6. The van der Waals surface area contributed by atoms with Gasteiger partial charge < -0.3 is 15.2 Å². The van der Waals surface area contributed by atoms with Crippen LogP contribution >= 0.6 is 0 Å². The van der Waals surface area contributed by atoms with Crippen molar-refractivity contribution in [2.24, 2.45) is 0 Å². The first-order valence-electron chi connectivity index (χ1n) is 8.56. The molecule has 0 amide bonds. The lowest BCUT2D eigenvalue weighted by atomic mass is 9.82. The zero-order valence-corrected chi connectivity index (χ0v) is 14.8. The SMILES string of the molecule is CC(C)(C)OC1CC(NCc2ccc(C(=O)O)cc2)C1n1cccn1. The number of hydrogen-bond acceptors (Lipinski definition) is 4. The molecule has 3 unspecified atom stereocenters. The number of carbonyl (C=O) groups is 1. The fraction of sp³-hybridized carbons (Fsp3) is 0.474. The van der Waals surface area contributed by atoms with Crippen molar-refractivity contribution >= 4 is 5.97 Å². The molecule has 3 rings (SSSR count). The maximum absolute atomic E-state index is 10.9. The van der Waals surface area contributed by atoms with Crippen LogP contribution in [0.25, 0.3) is 0 Å². The van der Waals surface area contributed by atoms with Gasteiger partial charge in [-0.25, -0.2) is 4.79 Å². The van der Waals surface area contributed by atoms with Gasteiger partial charge in [0.2, 0.25) is 0 Å². The lowest BCUT2D eigenvalue weighted by Crippen LogP contribution is -2.56. The number of nitrogens with zero attached hydrogens (tertiary/aromatic N) is 2. The number of benzene rings is 1. The number of ether oxygens (including phenoxy) is 1. The third kappa shape index (κ3) is 4.27. The van der Waals surface area contributed by atoms with Crippen molar-refractivity contribution in [2.75, 3.05) is 0 Å². The van der Waals surface area contributed by atoms with Gasteiger partial charge in [-0.1, -0.05) is 12.1 Å². The molecule has 1 aromatic heterocycles. The van der Waals surface area contributed by atoms with Crippen molar-refractivity contribution in [1.82, 2.24) is 15.1 Å². The molecule has 0 saturated heterocycles. The molecular formula is C19H25N3O3. The van der Waals surface area contributed by atoms with E-state index in [1.807, 2.05) is 29.1 Å². The third-order valence-corrected chi connectivity index (χ3v) is 4.38. The van der Waals surface area contributed by atoms with Crippen molar-refractivity contribution in [3.63, 3.8) is 0 Å². The fourth-order valence-corrected chi connectivity index (χ4v) is 3.19. The summed E-state index contributed by atoms with van der Waals surface area (Å²) in [7, 11) is 0. The number of hydrogen-bond donors (Lipinski definition) is 2. The van der Waals surface area contributed by atoms with E-state index in [1.54, 1.807) is 18.3 Å². The first-order valence-corrected chi connectivity index (χ1v) is 8.56. The second-order valence-corrected chi connectivity index (χ2v) is 7.47.